The van der Waals surface area contributed by atoms with Gasteiger partial charge in [0.1, 0.15) is 6.61 Å². The van der Waals surface area contributed by atoms with Gasteiger partial charge in [-0.1, -0.05) is 30.3 Å². The van der Waals surface area contributed by atoms with Crippen molar-refractivity contribution in [2.24, 2.45) is 0 Å². The predicted molar refractivity (Wildman–Crippen MR) is 95.9 cm³/mol. The maximum absolute atomic E-state index is 14.3. The maximum Gasteiger partial charge on any atom is 0.165 e. The van der Waals surface area contributed by atoms with E-state index >= 15 is 0 Å². The number of aromatic nitrogens is 1. The number of halogens is 1. The average molecular weight is 342 g/mol. The van der Waals surface area contributed by atoms with Gasteiger partial charge in [0.15, 0.2) is 11.6 Å². The zero-order valence-electron chi connectivity index (χ0n) is 13.5. The van der Waals surface area contributed by atoms with Crippen LogP contribution in [-0.2, 0) is 13.0 Å². The second-order valence-electron chi connectivity index (χ2n) is 5.40. The Bertz CT molecular complexity index is 789. The molecule has 0 radical (unpaired) electrons. The normalized spacial score (nSPS) is 10.8. The molecule has 1 heterocycles. The molecule has 2 aromatic carbocycles. The molecule has 1 aromatic heterocycles. The molecule has 0 spiro atoms. The summed E-state index contributed by atoms with van der Waals surface area (Å²) in [6.07, 6.45) is 0.877. The van der Waals surface area contributed by atoms with Crippen molar-refractivity contribution in [1.82, 2.24) is 10.3 Å². The summed E-state index contributed by atoms with van der Waals surface area (Å²) in [6.45, 7) is 1.23. The molecule has 3 aromatic rings. The highest BCUT2D eigenvalue weighted by molar-refractivity contribution is 7.09. The second-order valence-corrected chi connectivity index (χ2v) is 6.34. The van der Waals surface area contributed by atoms with Crippen LogP contribution in [0.3, 0.4) is 0 Å². The van der Waals surface area contributed by atoms with Gasteiger partial charge in [-0.25, -0.2) is 9.37 Å². The van der Waals surface area contributed by atoms with E-state index in [1.54, 1.807) is 17.4 Å². The van der Waals surface area contributed by atoms with E-state index < -0.39 is 0 Å². The van der Waals surface area contributed by atoms with Crippen molar-refractivity contribution in [2.75, 3.05) is 13.6 Å². The number of likely N-dealkylation sites (N-methyl/N-ethyl adjacent to an activating group) is 1. The fourth-order valence-electron chi connectivity index (χ4n) is 2.30. The molecule has 0 aliphatic heterocycles. The van der Waals surface area contributed by atoms with Gasteiger partial charge in [-0.3, -0.25) is 0 Å². The van der Waals surface area contributed by atoms with Crippen LogP contribution in [0.5, 0.6) is 5.75 Å². The zero-order valence-corrected chi connectivity index (χ0v) is 14.3. The fourth-order valence-corrected chi connectivity index (χ4v) is 3.11. The van der Waals surface area contributed by atoms with Gasteiger partial charge in [0.25, 0.3) is 0 Å². The van der Waals surface area contributed by atoms with E-state index in [1.165, 1.54) is 6.07 Å². The fraction of sp³-hybridized carbons (Fsp3) is 0.211. The molecule has 5 heteroatoms. The molecule has 0 bridgehead atoms. The summed E-state index contributed by atoms with van der Waals surface area (Å²) in [6, 6.07) is 14.7. The van der Waals surface area contributed by atoms with Crippen LogP contribution >= 0.6 is 11.3 Å². The Morgan fingerprint density at radius 3 is 2.75 bits per heavy atom. The quantitative estimate of drug-likeness (QED) is 0.695. The van der Waals surface area contributed by atoms with E-state index in [-0.39, 0.29) is 11.6 Å². The molecule has 24 heavy (non-hydrogen) atoms. The third kappa shape index (κ3) is 4.19. The largest absolute Gasteiger partial charge is 0.486 e. The minimum absolute atomic E-state index is 0.258. The van der Waals surface area contributed by atoms with Crippen molar-refractivity contribution in [1.29, 1.82) is 0 Å². The molecule has 3 nitrogen and oxygen atoms in total. The van der Waals surface area contributed by atoms with Gasteiger partial charge in [-0.2, -0.15) is 0 Å². The SMILES string of the molecule is CNCCc1nc(-c2ccc(OCc3ccccc3)c(F)c2)cs1. The Morgan fingerprint density at radius 2 is 2.00 bits per heavy atom. The van der Waals surface area contributed by atoms with Crippen molar-refractivity contribution >= 4 is 11.3 Å². The van der Waals surface area contributed by atoms with E-state index in [9.17, 15) is 4.39 Å². The number of nitrogens with zero attached hydrogens (tertiary/aromatic N) is 1. The molecule has 3 rings (SSSR count). The molecule has 1 N–H and O–H groups in total. The minimum Gasteiger partial charge on any atom is -0.486 e. The van der Waals surface area contributed by atoms with Crippen LogP contribution in [0.15, 0.2) is 53.9 Å². The van der Waals surface area contributed by atoms with Gasteiger partial charge in [0.2, 0.25) is 0 Å². The molecule has 0 amide bonds. The van der Waals surface area contributed by atoms with E-state index in [1.807, 2.05) is 48.8 Å². The first-order valence-corrected chi connectivity index (χ1v) is 8.70. The number of ether oxygens (including phenoxy) is 1. The molecule has 0 unspecified atom stereocenters. The van der Waals surface area contributed by atoms with Crippen molar-refractivity contribution in [2.45, 2.75) is 13.0 Å². The number of nitrogens with one attached hydrogen (secondary N) is 1. The molecule has 0 atom stereocenters. The number of hydrogen-bond acceptors (Lipinski definition) is 4. The lowest BCUT2D eigenvalue weighted by Crippen LogP contribution is -2.09. The van der Waals surface area contributed by atoms with Gasteiger partial charge in [-0.05, 0) is 30.8 Å². The molecular weight excluding hydrogens is 323 g/mol. The summed E-state index contributed by atoms with van der Waals surface area (Å²) in [5, 5.41) is 6.11. The van der Waals surface area contributed by atoms with Crippen molar-refractivity contribution in [3.8, 4) is 17.0 Å². The van der Waals surface area contributed by atoms with Gasteiger partial charge in [-0.15, -0.1) is 11.3 Å². The van der Waals surface area contributed by atoms with E-state index in [0.29, 0.717) is 6.61 Å². The highest BCUT2D eigenvalue weighted by atomic mass is 32.1. The van der Waals surface area contributed by atoms with E-state index in [0.717, 1.165) is 34.8 Å². The molecule has 124 valence electrons. The van der Waals surface area contributed by atoms with Gasteiger partial charge in [0, 0.05) is 23.9 Å². The van der Waals surface area contributed by atoms with Crippen molar-refractivity contribution in [3.63, 3.8) is 0 Å². The lowest BCUT2D eigenvalue weighted by molar-refractivity contribution is 0.290. The van der Waals surface area contributed by atoms with Crippen molar-refractivity contribution in [3.05, 3.63) is 70.3 Å². The Balaban J connectivity index is 1.69. The Hall–Kier alpha value is -2.24. The third-order valence-electron chi connectivity index (χ3n) is 3.61. The van der Waals surface area contributed by atoms with Gasteiger partial charge in [0.05, 0.1) is 10.7 Å². The van der Waals surface area contributed by atoms with Crippen molar-refractivity contribution < 1.29 is 9.13 Å². The zero-order chi connectivity index (χ0) is 16.8. The minimum atomic E-state index is -0.367. The van der Waals surface area contributed by atoms with Crippen LogP contribution in [0.25, 0.3) is 11.3 Å². The van der Waals surface area contributed by atoms with Crippen LogP contribution in [0, 0.1) is 5.82 Å². The predicted octanol–water partition coefficient (Wildman–Crippen LogP) is 4.29. The Labute approximate surface area is 145 Å². The summed E-state index contributed by atoms with van der Waals surface area (Å²) in [5.41, 5.74) is 2.58. The first-order valence-electron chi connectivity index (χ1n) is 7.82. The molecule has 0 fully saturated rings. The number of thiazole rings is 1. The Morgan fingerprint density at radius 1 is 1.17 bits per heavy atom. The molecule has 0 saturated heterocycles. The summed E-state index contributed by atoms with van der Waals surface area (Å²) < 4.78 is 19.9. The number of hydrogen-bond donors (Lipinski definition) is 1. The molecule has 0 aliphatic carbocycles. The summed E-state index contributed by atoms with van der Waals surface area (Å²) >= 11 is 1.60. The van der Waals surface area contributed by atoms with Crippen LogP contribution < -0.4 is 10.1 Å². The maximum atomic E-state index is 14.3. The number of rotatable bonds is 7. The second kappa shape index (κ2) is 8.04. The van der Waals surface area contributed by atoms with E-state index in [2.05, 4.69) is 10.3 Å². The molecule has 0 aliphatic rings. The van der Waals surface area contributed by atoms with E-state index in [4.69, 9.17) is 4.74 Å². The standard InChI is InChI=1S/C19H19FN2OS/c1-21-10-9-19-22-17(13-24-19)15-7-8-18(16(20)11-15)23-12-14-5-3-2-4-6-14/h2-8,11,13,21H,9-10,12H2,1H3. The average Bonchev–Trinajstić information content (AvgIpc) is 3.09. The van der Waals surface area contributed by atoms with Crippen LogP contribution in [0.4, 0.5) is 4.39 Å². The van der Waals surface area contributed by atoms with Crippen LogP contribution in [0.1, 0.15) is 10.6 Å². The Kier molecular flexibility index (Phi) is 5.56. The summed E-state index contributed by atoms with van der Waals surface area (Å²) in [4.78, 5) is 4.55. The topological polar surface area (TPSA) is 34.2 Å². The first kappa shape index (κ1) is 16.6. The highest BCUT2D eigenvalue weighted by Crippen LogP contribution is 2.27. The molecular formula is C19H19FN2OS. The summed E-state index contributed by atoms with van der Waals surface area (Å²) in [7, 11) is 1.91. The highest BCUT2D eigenvalue weighted by Gasteiger charge is 2.09. The lowest BCUT2D eigenvalue weighted by Gasteiger charge is -2.08. The lowest BCUT2D eigenvalue weighted by atomic mass is 10.1. The number of benzene rings is 2. The van der Waals surface area contributed by atoms with Gasteiger partial charge >= 0.3 is 0 Å². The van der Waals surface area contributed by atoms with Crippen LogP contribution in [0.2, 0.25) is 0 Å². The van der Waals surface area contributed by atoms with Gasteiger partial charge < -0.3 is 10.1 Å². The summed E-state index contributed by atoms with van der Waals surface area (Å²) in [5.74, 6) is -0.110. The first-order chi connectivity index (χ1) is 11.8. The van der Waals surface area contributed by atoms with Crippen LogP contribution in [-0.4, -0.2) is 18.6 Å². The third-order valence-corrected chi connectivity index (χ3v) is 4.51. The smallest absolute Gasteiger partial charge is 0.165 e. The molecule has 0 saturated carbocycles. The monoisotopic (exact) mass is 342 g/mol.